The van der Waals surface area contributed by atoms with Crippen LogP contribution in [0.25, 0.3) is 0 Å². The monoisotopic (exact) mass is 403 g/mol. The Bertz CT molecular complexity index is 936. The second-order valence-electron chi connectivity index (χ2n) is 7.55. The van der Waals surface area contributed by atoms with Crippen molar-refractivity contribution in [2.75, 3.05) is 47.0 Å². The second-order valence-corrected chi connectivity index (χ2v) is 7.55. The Morgan fingerprint density at radius 3 is 2.40 bits per heavy atom. The van der Waals surface area contributed by atoms with E-state index in [2.05, 4.69) is 61.3 Å². The molecule has 4 rings (SSSR count). The summed E-state index contributed by atoms with van der Waals surface area (Å²) < 4.78 is 0. The van der Waals surface area contributed by atoms with Crippen LogP contribution in [0.15, 0.2) is 55.0 Å². The highest BCUT2D eigenvalue weighted by molar-refractivity contribution is 5.78. The van der Waals surface area contributed by atoms with Gasteiger partial charge in [0.15, 0.2) is 11.6 Å². The number of pyridine rings is 1. The van der Waals surface area contributed by atoms with E-state index in [4.69, 9.17) is 5.73 Å². The van der Waals surface area contributed by atoms with Crippen molar-refractivity contribution < 1.29 is 0 Å². The van der Waals surface area contributed by atoms with Crippen molar-refractivity contribution in [1.29, 1.82) is 0 Å². The van der Waals surface area contributed by atoms with Gasteiger partial charge in [-0.2, -0.15) is 0 Å². The fourth-order valence-electron chi connectivity index (χ4n) is 3.70. The van der Waals surface area contributed by atoms with Gasteiger partial charge in [-0.3, -0.25) is 0 Å². The zero-order valence-corrected chi connectivity index (χ0v) is 17.5. The predicted molar refractivity (Wildman–Crippen MR) is 123 cm³/mol. The number of nitrogens with two attached hydrogens (primary N) is 1. The standard InChI is InChI=1S/C23H29N7/c1-2-3-6-18-8-10-19(11-9-18)28-22-21(24)23(27-17-26-22)30-15-13-29(14-16-30)20-7-4-5-12-25-20/h4-5,7-12,17H,2-3,6,13-16,24H2,1H3,(H,26,27,28). The molecule has 1 aliphatic rings. The van der Waals surface area contributed by atoms with E-state index < -0.39 is 0 Å². The molecule has 30 heavy (non-hydrogen) atoms. The highest BCUT2D eigenvalue weighted by Crippen LogP contribution is 2.29. The maximum atomic E-state index is 6.45. The largest absolute Gasteiger partial charge is 0.393 e. The summed E-state index contributed by atoms with van der Waals surface area (Å²) >= 11 is 0. The van der Waals surface area contributed by atoms with Gasteiger partial charge in [-0.05, 0) is 42.7 Å². The van der Waals surface area contributed by atoms with E-state index >= 15 is 0 Å². The molecule has 1 aromatic carbocycles. The highest BCUT2D eigenvalue weighted by Gasteiger charge is 2.22. The van der Waals surface area contributed by atoms with Crippen LogP contribution in [-0.2, 0) is 6.42 Å². The van der Waals surface area contributed by atoms with Crippen molar-refractivity contribution in [3.8, 4) is 0 Å². The van der Waals surface area contributed by atoms with E-state index in [1.807, 2.05) is 24.4 Å². The average Bonchev–Trinajstić information content (AvgIpc) is 2.81. The third kappa shape index (κ3) is 4.62. The summed E-state index contributed by atoms with van der Waals surface area (Å²) in [5.41, 5.74) is 9.36. The number of aromatic nitrogens is 3. The lowest BCUT2D eigenvalue weighted by Crippen LogP contribution is -2.47. The number of hydrogen-bond acceptors (Lipinski definition) is 7. The van der Waals surface area contributed by atoms with E-state index in [9.17, 15) is 0 Å². The number of nitrogen functional groups attached to an aromatic ring is 1. The third-order valence-electron chi connectivity index (χ3n) is 5.45. The molecule has 7 heteroatoms. The molecular formula is C23H29N7. The lowest BCUT2D eigenvalue weighted by Gasteiger charge is -2.36. The Hall–Kier alpha value is -3.35. The Balaban J connectivity index is 1.42. The minimum atomic E-state index is 0.582. The van der Waals surface area contributed by atoms with Crippen molar-refractivity contribution in [2.45, 2.75) is 26.2 Å². The summed E-state index contributed by atoms with van der Waals surface area (Å²) in [6.45, 7) is 5.64. The van der Waals surface area contributed by atoms with Crippen molar-refractivity contribution in [2.24, 2.45) is 0 Å². The second kappa shape index (κ2) is 9.43. The highest BCUT2D eigenvalue weighted by atomic mass is 15.3. The van der Waals surface area contributed by atoms with Crippen LogP contribution < -0.4 is 20.9 Å². The van der Waals surface area contributed by atoms with E-state index in [1.54, 1.807) is 6.33 Å². The third-order valence-corrected chi connectivity index (χ3v) is 5.45. The van der Waals surface area contributed by atoms with Crippen LogP contribution in [0.2, 0.25) is 0 Å². The summed E-state index contributed by atoms with van der Waals surface area (Å²) in [6, 6.07) is 14.5. The zero-order valence-electron chi connectivity index (χ0n) is 17.5. The Morgan fingerprint density at radius 1 is 0.933 bits per heavy atom. The number of hydrogen-bond donors (Lipinski definition) is 2. The van der Waals surface area contributed by atoms with Gasteiger partial charge in [0.1, 0.15) is 17.8 Å². The molecule has 156 valence electrons. The van der Waals surface area contributed by atoms with Crippen LogP contribution >= 0.6 is 0 Å². The maximum Gasteiger partial charge on any atom is 0.159 e. The van der Waals surface area contributed by atoms with Gasteiger partial charge in [0, 0.05) is 38.1 Å². The number of unbranched alkanes of at least 4 members (excludes halogenated alkanes) is 1. The van der Waals surface area contributed by atoms with Gasteiger partial charge in [0.2, 0.25) is 0 Å². The van der Waals surface area contributed by atoms with E-state index in [1.165, 1.54) is 18.4 Å². The van der Waals surface area contributed by atoms with Gasteiger partial charge in [0.25, 0.3) is 0 Å². The molecule has 1 saturated heterocycles. The molecular weight excluding hydrogens is 374 g/mol. The van der Waals surface area contributed by atoms with Crippen LogP contribution in [0, 0.1) is 0 Å². The quantitative estimate of drug-likeness (QED) is 0.620. The molecule has 1 aliphatic heterocycles. The Labute approximate surface area is 178 Å². The summed E-state index contributed by atoms with van der Waals surface area (Å²) in [4.78, 5) is 17.8. The molecule has 3 aromatic rings. The number of nitrogens with zero attached hydrogens (tertiary/aromatic N) is 5. The molecule has 3 heterocycles. The van der Waals surface area contributed by atoms with Gasteiger partial charge in [-0.25, -0.2) is 15.0 Å². The number of aryl methyl sites for hydroxylation is 1. The first-order chi connectivity index (χ1) is 14.7. The fourth-order valence-corrected chi connectivity index (χ4v) is 3.70. The molecule has 0 atom stereocenters. The number of nitrogens with one attached hydrogen (secondary N) is 1. The van der Waals surface area contributed by atoms with Crippen molar-refractivity contribution in [1.82, 2.24) is 15.0 Å². The summed E-state index contributed by atoms with van der Waals surface area (Å²) in [5, 5.41) is 3.35. The number of benzene rings is 1. The molecule has 7 nitrogen and oxygen atoms in total. The van der Waals surface area contributed by atoms with Crippen LogP contribution in [0.3, 0.4) is 0 Å². The Kier molecular flexibility index (Phi) is 6.27. The fraction of sp³-hybridized carbons (Fsp3) is 0.348. The normalized spacial score (nSPS) is 14.0. The number of rotatable bonds is 7. The number of anilines is 5. The summed E-state index contributed by atoms with van der Waals surface area (Å²) in [7, 11) is 0. The van der Waals surface area contributed by atoms with E-state index in [0.717, 1.165) is 49.9 Å². The molecule has 0 saturated carbocycles. The van der Waals surface area contributed by atoms with Crippen molar-refractivity contribution in [3.05, 3.63) is 60.6 Å². The first kappa shape index (κ1) is 19.9. The summed E-state index contributed by atoms with van der Waals surface area (Å²) in [5.74, 6) is 2.44. The average molecular weight is 404 g/mol. The molecule has 1 fully saturated rings. The predicted octanol–water partition coefficient (Wildman–Crippen LogP) is 3.87. The molecule has 0 aliphatic carbocycles. The molecule has 0 amide bonds. The van der Waals surface area contributed by atoms with E-state index in [0.29, 0.717) is 11.5 Å². The lowest BCUT2D eigenvalue weighted by atomic mass is 10.1. The van der Waals surface area contributed by atoms with Gasteiger partial charge in [-0.1, -0.05) is 31.5 Å². The molecule has 0 radical (unpaired) electrons. The van der Waals surface area contributed by atoms with Crippen LogP contribution in [0.5, 0.6) is 0 Å². The van der Waals surface area contributed by atoms with Crippen LogP contribution in [-0.4, -0.2) is 41.1 Å². The smallest absolute Gasteiger partial charge is 0.159 e. The molecule has 0 bridgehead atoms. The molecule has 0 spiro atoms. The molecule has 3 N–H and O–H groups in total. The van der Waals surface area contributed by atoms with Gasteiger partial charge < -0.3 is 20.9 Å². The first-order valence-corrected chi connectivity index (χ1v) is 10.6. The van der Waals surface area contributed by atoms with Crippen molar-refractivity contribution in [3.63, 3.8) is 0 Å². The van der Waals surface area contributed by atoms with Gasteiger partial charge in [0.05, 0.1) is 0 Å². The van der Waals surface area contributed by atoms with Gasteiger partial charge >= 0.3 is 0 Å². The lowest BCUT2D eigenvalue weighted by molar-refractivity contribution is 0.642. The maximum absolute atomic E-state index is 6.45. The van der Waals surface area contributed by atoms with Crippen LogP contribution in [0.1, 0.15) is 25.3 Å². The zero-order chi connectivity index (χ0) is 20.8. The van der Waals surface area contributed by atoms with E-state index in [-0.39, 0.29) is 0 Å². The van der Waals surface area contributed by atoms with Gasteiger partial charge in [-0.15, -0.1) is 0 Å². The number of piperazine rings is 1. The molecule has 2 aromatic heterocycles. The first-order valence-electron chi connectivity index (χ1n) is 10.6. The minimum Gasteiger partial charge on any atom is -0.393 e. The van der Waals surface area contributed by atoms with Crippen molar-refractivity contribution >= 4 is 28.8 Å². The Morgan fingerprint density at radius 2 is 1.70 bits per heavy atom. The minimum absolute atomic E-state index is 0.582. The molecule has 0 unspecified atom stereocenters. The SMILES string of the molecule is CCCCc1ccc(Nc2ncnc(N3CCN(c4ccccn4)CC3)c2N)cc1. The topological polar surface area (TPSA) is 83.2 Å². The summed E-state index contributed by atoms with van der Waals surface area (Å²) in [6.07, 6.45) is 6.94. The van der Waals surface area contributed by atoms with Crippen LogP contribution in [0.4, 0.5) is 28.8 Å².